The molecular formula is C7H6N4O3. The second kappa shape index (κ2) is 2.63. The summed E-state index contributed by atoms with van der Waals surface area (Å²) in [6.45, 7) is 0. The number of aliphatic hydroxyl groups is 2. The van der Waals surface area contributed by atoms with Gasteiger partial charge in [0.25, 0.3) is 17.2 Å². The number of hydrogen-bond acceptors (Lipinski definition) is 7. The SMILES string of the molecule is O=C(C1(O)C=CN=N1)C1(O)C=CN=N1. The number of rotatable bonds is 2. The number of ketones is 1. The lowest BCUT2D eigenvalue weighted by Gasteiger charge is -2.20. The zero-order valence-corrected chi connectivity index (χ0v) is 6.90. The lowest BCUT2D eigenvalue weighted by atomic mass is 10.00. The predicted molar refractivity (Wildman–Crippen MR) is 42.9 cm³/mol. The van der Waals surface area contributed by atoms with Gasteiger partial charge in [-0.25, -0.2) is 0 Å². The highest BCUT2D eigenvalue weighted by atomic mass is 16.3. The Morgan fingerprint density at radius 3 is 1.71 bits per heavy atom. The van der Waals surface area contributed by atoms with Crippen LogP contribution in [0.3, 0.4) is 0 Å². The quantitative estimate of drug-likeness (QED) is 0.640. The molecule has 7 heteroatoms. The van der Waals surface area contributed by atoms with Crippen LogP contribution in [0.5, 0.6) is 0 Å². The second-order valence-corrected chi connectivity index (χ2v) is 2.84. The van der Waals surface area contributed by atoms with Crippen molar-refractivity contribution in [3.63, 3.8) is 0 Å². The van der Waals surface area contributed by atoms with E-state index >= 15 is 0 Å². The lowest BCUT2D eigenvalue weighted by molar-refractivity contribution is -0.146. The molecule has 0 aromatic carbocycles. The van der Waals surface area contributed by atoms with Crippen LogP contribution >= 0.6 is 0 Å². The Balaban J connectivity index is 2.33. The van der Waals surface area contributed by atoms with Gasteiger partial charge in [0.1, 0.15) is 0 Å². The van der Waals surface area contributed by atoms with Crippen LogP contribution in [0.1, 0.15) is 0 Å². The summed E-state index contributed by atoms with van der Waals surface area (Å²) in [6.07, 6.45) is 4.46. The van der Waals surface area contributed by atoms with Crippen molar-refractivity contribution in [3.05, 3.63) is 24.6 Å². The van der Waals surface area contributed by atoms with Crippen molar-refractivity contribution >= 4 is 5.78 Å². The fraction of sp³-hybridized carbons (Fsp3) is 0.286. The van der Waals surface area contributed by atoms with Crippen molar-refractivity contribution in [2.45, 2.75) is 11.4 Å². The molecule has 0 aliphatic carbocycles. The molecule has 0 aromatic heterocycles. The fourth-order valence-electron chi connectivity index (χ4n) is 1.10. The van der Waals surface area contributed by atoms with Crippen LogP contribution in [-0.2, 0) is 4.79 Å². The van der Waals surface area contributed by atoms with E-state index in [9.17, 15) is 15.0 Å². The molecule has 0 spiro atoms. The summed E-state index contributed by atoms with van der Waals surface area (Å²) >= 11 is 0. The number of azo groups is 2. The predicted octanol–water partition coefficient (Wildman–Crippen LogP) is -0.108. The van der Waals surface area contributed by atoms with Crippen LogP contribution in [0, 0.1) is 0 Å². The van der Waals surface area contributed by atoms with E-state index in [0.29, 0.717) is 0 Å². The smallest absolute Gasteiger partial charge is 0.262 e. The molecule has 0 saturated heterocycles. The van der Waals surface area contributed by atoms with Crippen molar-refractivity contribution in [2.75, 3.05) is 0 Å². The van der Waals surface area contributed by atoms with Crippen LogP contribution in [0.4, 0.5) is 0 Å². The highest BCUT2D eigenvalue weighted by Gasteiger charge is 2.49. The number of carbonyl (C=O) groups is 1. The molecule has 72 valence electrons. The maximum absolute atomic E-state index is 11.6. The summed E-state index contributed by atoms with van der Waals surface area (Å²) in [6, 6.07) is 0. The van der Waals surface area contributed by atoms with E-state index in [0.717, 1.165) is 24.6 Å². The average molecular weight is 194 g/mol. The second-order valence-electron chi connectivity index (χ2n) is 2.84. The van der Waals surface area contributed by atoms with E-state index in [-0.39, 0.29) is 0 Å². The van der Waals surface area contributed by atoms with E-state index < -0.39 is 17.2 Å². The third-order valence-electron chi connectivity index (χ3n) is 1.84. The topological polar surface area (TPSA) is 107 Å². The van der Waals surface area contributed by atoms with Crippen LogP contribution in [0.2, 0.25) is 0 Å². The maximum atomic E-state index is 11.6. The van der Waals surface area contributed by atoms with Gasteiger partial charge in [-0.05, 0) is 12.2 Å². The van der Waals surface area contributed by atoms with Gasteiger partial charge in [-0.2, -0.15) is 10.2 Å². The maximum Gasteiger partial charge on any atom is 0.262 e. The Kier molecular flexibility index (Phi) is 1.66. The highest BCUT2D eigenvalue weighted by molar-refractivity contribution is 5.97. The van der Waals surface area contributed by atoms with Crippen molar-refractivity contribution < 1.29 is 15.0 Å². The van der Waals surface area contributed by atoms with Crippen LogP contribution in [0.15, 0.2) is 45.0 Å². The summed E-state index contributed by atoms with van der Waals surface area (Å²) in [5, 5.41) is 32.4. The summed E-state index contributed by atoms with van der Waals surface area (Å²) in [4.78, 5) is 11.6. The van der Waals surface area contributed by atoms with E-state index in [1.807, 2.05) is 0 Å². The van der Waals surface area contributed by atoms with Gasteiger partial charge in [-0.15, -0.1) is 10.2 Å². The van der Waals surface area contributed by atoms with Gasteiger partial charge < -0.3 is 10.2 Å². The summed E-state index contributed by atoms with van der Waals surface area (Å²) in [5.41, 5.74) is -4.27. The molecular weight excluding hydrogens is 188 g/mol. The monoisotopic (exact) mass is 194 g/mol. The van der Waals surface area contributed by atoms with Gasteiger partial charge in [-0.1, -0.05) is 0 Å². The van der Waals surface area contributed by atoms with Gasteiger partial charge in [0.15, 0.2) is 0 Å². The van der Waals surface area contributed by atoms with Crippen LogP contribution < -0.4 is 0 Å². The Labute approximate surface area is 78.2 Å². The Morgan fingerprint density at radius 2 is 1.43 bits per heavy atom. The average Bonchev–Trinajstić information content (AvgIpc) is 2.75. The zero-order valence-electron chi connectivity index (χ0n) is 6.90. The number of carbonyl (C=O) groups excluding carboxylic acids is 1. The van der Waals surface area contributed by atoms with Gasteiger partial charge in [0, 0.05) is 0 Å². The summed E-state index contributed by atoms with van der Waals surface area (Å²) < 4.78 is 0. The molecule has 2 aliphatic heterocycles. The molecule has 2 atom stereocenters. The highest BCUT2D eigenvalue weighted by Crippen LogP contribution is 2.27. The van der Waals surface area contributed by atoms with E-state index in [2.05, 4.69) is 20.5 Å². The largest absolute Gasteiger partial charge is 0.359 e. The molecule has 14 heavy (non-hydrogen) atoms. The van der Waals surface area contributed by atoms with Crippen molar-refractivity contribution in [1.82, 2.24) is 0 Å². The lowest BCUT2D eigenvalue weighted by Crippen LogP contribution is -2.47. The molecule has 2 unspecified atom stereocenters. The summed E-state index contributed by atoms with van der Waals surface area (Å²) in [7, 11) is 0. The van der Waals surface area contributed by atoms with E-state index in [1.54, 1.807) is 0 Å². The van der Waals surface area contributed by atoms with Gasteiger partial charge in [-0.3, -0.25) is 4.79 Å². The molecule has 0 saturated carbocycles. The first-order valence-corrected chi connectivity index (χ1v) is 3.76. The minimum atomic E-state index is -2.14. The van der Waals surface area contributed by atoms with E-state index in [4.69, 9.17) is 0 Å². The summed E-state index contributed by atoms with van der Waals surface area (Å²) in [5.74, 6) is -1.00. The van der Waals surface area contributed by atoms with Crippen molar-refractivity contribution in [3.8, 4) is 0 Å². The normalized spacial score (nSPS) is 38.4. The van der Waals surface area contributed by atoms with Crippen molar-refractivity contribution in [2.24, 2.45) is 20.5 Å². The van der Waals surface area contributed by atoms with Gasteiger partial charge >= 0.3 is 0 Å². The number of Topliss-reactive ketones (excluding diaryl/α,β-unsaturated/α-hetero) is 1. The number of nitrogens with zero attached hydrogens (tertiary/aromatic N) is 4. The van der Waals surface area contributed by atoms with Gasteiger partial charge in [0.05, 0.1) is 12.4 Å². The molecule has 2 N–H and O–H groups in total. The third kappa shape index (κ3) is 1.10. The van der Waals surface area contributed by atoms with Crippen LogP contribution in [0.25, 0.3) is 0 Å². The molecule has 0 aromatic rings. The van der Waals surface area contributed by atoms with Gasteiger partial charge in [0.2, 0.25) is 0 Å². The molecule has 2 heterocycles. The molecule has 2 aliphatic rings. The minimum absolute atomic E-state index is 1.00. The third-order valence-corrected chi connectivity index (χ3v) is 1.84. The number of hydrogen-bond donors (Lipinski definition) is 2. The first-order valence-electron chi connectivity index (χ1n) is 3.76. The minimum Gasteiger partial charge on any atom is -0.359 e. The molecule has 2 rings (SSSR count). The Bertz CT molecular complexity index is 336. The first-order chi connectivity index (χ1) is 6.57. The molecule has 0 bridgehead atoms. The standard InChI is InChI=1S/C7H6N4O3/c12-5(6(13)1-3-8-10-6)7(14)2-4-9-11-7/h1-4,13-14H. The van der Waals surface area contributed by atoms with Crippen molar-refractivity contribution in [1.29, 1.82) is 0 Å². The molecule has 0 amide bonds. The Morgan fingerprint density at radius 1 is 1.00 bits per heavy atom. The van der Waals surface area contributed by atoms with Crippen LogP contribution in [-0.4, -0.2) is 27.4 Å². The first kappa shape index (κ1) is 8.85. The molecule has 0 radical (unpaired) electrons. The zero-order chi connectivity index (χ0) is 10.2. The molecule has 7 nitrogen and oxygen atoms in total. The molecule has 0 fully saturated rings. The van der Waals surface area contributed by atoms with E-state index in [1.165, 1.54) is 0 Å². The fourth-order valence-corrected chi connectivity index (χ4v) is 1.10. The Hall–Kier alpha value is -1.73.